The number of nitrogens with zero attached hydrogens (tertiary/aromatic N) is 1. The summed E-state index contributed by atoms with van der Waals surface area (Å²) in [6.07, 6.45) is 1.06. The molecule has 2 unspecified atom stereocenters. The maximum Gasteiger partial charge on any atom is 0.228 e. The van der Waals surface area contributed by atoms with Crippen LogP contribution < -0.4 is 0 Å². The summed E-state index contributed by atoms with van der Waals surface area (Å²) in [6, 6.07) is 0. The van der Waals surface area contributed by atoms with Crippen molar-refractivity contribution in [1.29, 1.82) is 0 Å². The van der Waals surface area contributed by atoms with E-state index >= 15 is 0 Å². The molecule has 8 heavy (non-hydrogen) atoms. The van der Waals surface area contributed by atoms with Gasteiger partial charge in [0.15, 0.2) is 0 Å². The molecule has 1 amide bonds. The highest BCUT2D eigenvalue weighted by atomic mass is 31.1. The van der Waals surface area contributed by atoms with Gasteiger partial charge in [0.25, 0.3) is 0 Å². The Bertz CT molecular complexity index is 103. The van der Waals surface area contributed by atoms with E-state index in [0.717, 1.165) is 14.9 Å². The van der Waals surface area contributed by atoms with Crippen molar-refractivity contribution in [1.82, 2.24) is 4.67 Å². The van der Waals surface area contributed by atoms with Gasteiger partial charge in [-0.05, 0) is 14.9 Å². The molecule has 1 aliphatic heterocycles. The molecule has 0 aliphatic carbocycles. The highest BCUT2D eigenvalue weighted by molar-refractivity contribution is 7.37. The van der Waals surface area contributed by atoms with Crippen molar-refractivity contribution in [3.8, 4) is 0 Å². The normalized spacial score (nSPS) is 32.5. The lowest BCUT2D eigenvalue weighted by Crippen LogP contribution is -2.16. The van der Waals surface area contributed by atoms with E-state index in [4.69, 9.17) is 0 Å². The quantitative estimate of drug-likeness (QED) is 0.443. The van der Waals surface area contributed by atoms with Crippen LogP contribution in [0.15, 0.2) is 0 Å². The first-order valence-corrected chi connectivity index (χ1v) is 3.88. The van der Waals surface area contributed by atoms with E-state index in [1.165, 1.54) is 0 Å². The molecule has 2 nitrogen and oxygen atoms in total. The van der Waals surface area contributed by atoms with Crippen molar-refractivity contribution in [2.75, 3.05) is 13.2 Å². The van der Waals surface area contributed by atoms with Crippen LogP contribution in [0.4, 0.5) is 0 Å². The lowest BCUT2D eigenvalue weighted by Gasteiger charge is -2.04. The van der Waals surface area contributed by atoms with E-state index < -0.39 is 0 Å². The van der Waals surface area contributed by atoms with Crippen LogP contribution in [0, 0.1) is 5.92 Å². The molecule has 0 aromatic heterocycles. The molecule has 1 heterocycles. The zero-order chi connectivity index (χ0) is 6.15. The Morgan fingerprint density at radius 3 is 2.62 bits per heavy atom. The molecule has 1 saturated heterocycles. The van der Waals surface area contributed by atoms with Crippen molar-refractivity contribution in [2.45, 2.75) is 6.92 Å². The van der Waals surface area contributed by atoms with Gasteiger partial charge in [0.2, 0.25) is 5.91 Å². The minimum atomic E-state index is 0.290. The molecule has 1 rings (SSSR count). The summed E-state index contributed by atoms with van der Waals surface area (Å²) in [5, 5.41) is 0. The number of hydrogen-bond donors (Lipinski definition) is 0. The van der Waals surface area contributed by atoms with Crippen molar-refractivity contribution >= 4 is 14.6 Å². The summed E-state index contributed by atoms with van der Waals surface area (Å²) in [7, 11) is 2.59. The van der Waals surface area contributed by atoms with Gasteiger partial charge in [0.1, 0.15) is 0 Å². The molecule has 2 atom stereocenters. The Morgan fingerprint density at radius 1 is 1.88 bits per heavy atom. The van der Waals surface area contributed by atoms with E-state index in [0.29, 0.717) is 11.8 Å². The summed E-state index contributed by atoms with van der Waals surface area (Å²) in [5.41, 5.74) is 0. The van der Waals surface area contributed by atoms with Gasteiger partial charge in [0, 0.05) is 13.0 Å². The fraction of sp³-hybridized carbons (Fsp3) is 0.800. The lowest BCUT2D eigenvalue weighted by atomic mass is 10.2. The molecule has 0 N–H and O–H groups in total. The Labute approximate surface area is 51.1 Å². The molecule has 0 bridgehead atoms. The number of amides is 1. The Kier molecular flexibility index (Phi) is 1.52. The monoisotopic (exact) mass is 131 g/mol. The SMILES string of the molecule is CC1CPN(C)C1=O. The van der Waals surface area contributed by atoms with E-state index in [1.807, 2.05) is 18.6 Å². The minimum Gasteiger partial charge on any atom is -0.327 e. The molecule has 46 valence electrons. The first-order valence-electron chi connectivity index (χ1n) is 2.73. The first-order chi connectivity index (χ1) is 3.72. The highest BCUT2D eigenvalue weighted by Crippen LogP contribution is 2.29. The zero-order valence-corrected chi connectivity index (χ0v) is 6.14. The summed E-state index contributed by atoms with van der Waals surface area (Å²) in [6.45, 7) is 1.98. The topological polar surface area (TPSA) is 20.3 Å². The fourth-order valence-electron chi connectivity index (χ4n) is 0.770. The first kappa shape index (κ1) is 6.03. The molecule has 3 heteroatoms. The van der Waals surface area contributed by atoms with Gasteiger partial charge in [0.05, 0.1) is 0 Å². The maximum absolute atomic E-state index is 10.8. The van der Waals surface area contributed by atoms with Crippen LogP contribution in [-0.2, 0) is 4.79 Å². The number of rotatable bonds is 0. The third-order valence-corrected chi connectivity index (χ3v) is 2.88. The lowest BCUT2D eigenvalue weighted by molar-refractivity contribution is -0.127. The molecule has 0 aromatic rings. The Hall–Kier alpha value is -0.100. The molecule has 0 saturated carbocycles. The fourth-order valence-corrected chi connectivity index (χ4v) is 1.87. The van der Waals surface area contributed by atoms with E-state index in [9.17, 15) is 4.79 Å². The largest absolute Gasteiger partial charge is 0.327 e. The predicted octanol–water partition coefficient (Wildman–Crippen LogP) is 0.688. The highest BCUT2D eigenvalue weighted by Gasteiger charge is 2.24. The van der Waals surface area contributed by atoms with Crippen LogP contribution in [0.1, 0.15) is 6.92 Å². The van der Waals surface area contributed by atoms with Crippen LogP contribution in [0.3, 0.4) is 0 Å². The molecule has 1 fully saturated rings. The van der Waals surface area contributed by atoms with Gasteiger partial charge in [-0.15, -0.1) is 0 Å². The second-order valence-electron chi connectivity index (χ2n) is 2.16. The van der Waals surface area contributed by atoms with Gasteiger partial charge in [-0.2, -0.15) is 0 Å². The Balaban J connectivity index is 2.57. The summed E-state index contributed by atoms with van der Waals surface area (Å²) in [4.78, 5) is 10.8. The van der Waals surface area contributed by atoms with Gasteiger partial charge in [-0.3, -0.25) is 4.79 Å². The second kappa shape index (κ2) is 2.02. The van der Waals surface area contributed by atoms with Crippen LogP contribution in [-0.4, -0.2) is 23.8 Å². The minimum absolute atomic E-state index is 0.290. The van der Waals surface area contributed by atoms with Gasteiger partial charge in [-0.1, -0.05) is 6.92 Å². The predicted molar refractivity (Wildman–Crippen MR) is 35.1 cm³/mol. The molecular formula is C5H10NOP. The van der Waals surface area contributed by atoms with Crippen LogP contribution in [0.2, 0.25) is 0 Å². The van der Waals surface area contributed by atoms with Crippen molar-refractivity contribution in [3.05, 3.63) is 0 Å². The molecule has 0 radical (unpaired) electrons. The standard InChI is InChI=1S/C5H10NOP/c1-4-3-8-6(2)5(4)7/h4,8H,3H2,1-2H3. The smallest absolute Gasteiger partial charge is 0.228 e. The third-order valence-electron chi connectivity index (χ3n) is 1.39. The van der Waals surface area contributed by atoms with Crippen molar-refractivity contribution < 1.29 is 4.79 Å². The van der Waals surface area contributed by atoms with Crippen LogP contribution in [0.25, 0.3) is 0 Å². The summed E-state index contributed by atoms with van der Waals surface area (Å²) < 4.78 is 1.81. The molecular weight excluding hydrogens is 121 g/mol. The van der Waals surface area contributed by atoms with Crippen molar-refractivity contribution in [3.63, 3.8) is 0 Å². The summed E-state index contributed by atoms with van der Waals surface area (Å²) in [5.74, 6) is 0.599. The maximum atomic E-state index is 10.8. The van der Waals surface area contributed by atoms with E-state index in [1.54, 1.807) is 0 Å². The molecule has 0 spiro atoms. The third kappa shape index (κ3) is 0.851. The number of carbonyl (C=O) groups is 1. The zero-order valence-electron chi connectivity index (χ0n) is 5.14. The number of hydrogen-bond acceptors (Lipinski definition) is 1. The van der Waals surface area contributed by atoms with Gasteiger partial charge >= 0.3 is 0 Å². The summed E-state index contributed by atoms with van der Waals surface area (Å²) >= 11 is 0. The van der Waals surface area contributed by atoms with Crippen LogP contribution in [0.5, 0.6) is 0 Å². The average Bonchev–Trinajstić information content (AvgIpc) is 1.98. The second-order valence-corrected chi connectivity index (χ2v) is 3.56. The Morgan fingerprint density at radius 2 is 2.50 bits per heavy atom. The van der Waals surface area contributed by atoms with E-state index in [2.05, 4.69) is 0 Å². The van der Waals surface area contributed by atoms with Gasteiger partial charge in [-0.25, -0.2) is 0 Å². The molecule has 0 aromatic carbocycles. The van der Waals surface area contributed by atoms with Gasteiger partial charge < -0.3 is 4.67 Å². The van der Waals surface area contributed by atoms with E-state index in [-0.39, 0.29) is 0 Å². The van der Waals surface area contributed by atoms with Crippen LogP contribution >= 0.6 is 8.73 Å². The van der Waals surface area contributed by atoms with Crippen molar-refractivity contribution in [2.24, 2.45) is 5.92 Å². The average molecular weight is 131 g/mol. The molecule has 1 aliphatic rings. The number of carbonyl (C=O) groups excluding carboxylic acids is 1.